The van der Waals surface area contributed by atoms with E-state index in [1.807, 2.05) is 12.1 Å². The molecule has 2 N–H and O–H groups in total. The number of rotatable bonds is 6. The monoisotopic (exact) mass is 236 g/mol. The minimum Gasteiger partial charge on any atom is -0.481 e. The van der Waals surface area contributed by atoms with Crippen molar-refractivity contribution in [2.24, 2.45) is 0 Å². The molecule has 17 heavy (non-hydrogen) atoms. The standard InChI is InChI=1S/C11H16N4O2/c1-16-6-5-12-7-9-13-8-3-4-10(17-2)15-11(8)14-9/h3-4,12H,5-7H2,1-2H3,(H,13,14,15). The molecule has 0 aliphatic heterocycles. The highest BCUT2D eigenvalue weighted by molar-refractivity contribution is 5.71. The Morgan fingerprint density at radius 1 is 1.29 bits per heavy atom. The van der Waals surface area contributed by atoms with Gasteiger partial charge >= 0.3 is 0 Å². The number of ether oxygens (including phenoxy) is 2. The summed E-state index contributed by atoms with van der Waals surface area (Å²) in [6, 6.07) is 3.72. The number of aromatic nitrogens is 3. The van der Waals surface area contributed by atoms with Crippen LogP contribution in [0.3, 0.4) is 0 Å². The molecule has 6 nitrogen and oxygen atoms in total. The van der Waals surface area contributed by atoms with Gasteiger partial charge in [0.1, 0.15) is 5.82 Å². The van der Waals surface area contributed by atoms with E-state index in [0.717, 1.165) is 17.9 Å². The number of nitrogens with one attached hydrogen (secondary N) is 2. The van der Waals surface area contributed by atoms with Crippen LogP contribution in [0.2, 0.25) is 0 Å². The average molecular weight is 236 g/mol. The lowest BCUT2D eigenvalue weighted by Gasteiger charge is -1.99. The first-order valence-electron chi connectivity index (χ1n) is 5.43. The van der Waals surface area contributed by atoms with Crippen molar-refractivity contribution in [1.82, 2.24) is 20.3 Å². The molecule has 0 fully saturated rings. The van der Waals surface area contributed by atoms with Crippen molar-refractivity contribution < 1.29 is 9.47 Å². The third-order valence-electron chi connectivity index (χ3n) is 2.35. The van der Waals surface area contributed by atoms with Gasteiger partial charge in [0.05, 0.1) is 25.8 Å². The van der Waals surface area contributed by atoms with E-state index in [2.05, 4.69) is 20.3 Å². The van der Waals surface area contributed by atoms with Crippen LogP contribution in [-0.4, -0.2) is 42.3 Å². The zero-order chi connectivity index (χ0) is 12.1. The minimum atomic E-state index is 0.572. The Morgan fingerprint density at radius 2 is 2.18 bits per heavy atom. The molecule has 2 rings (SSSR count). The largest absolute Gasteiger partial charge is 0.481 e. The number of H-pyrrole nitrogens is 1. The number of hydrogen-bond acceptors (Lipinski definition) is 5. The lowest BCUT2D eigenvalue weighted by Crippen LogP contribution is -2.19. The van der Waals surface area contributed by atoms with E-state index in [-0.39, 0.29) is 0 Å². The maximum Gasteiger partial charge on any atom is 0.215 e. The van der Waals surface area contributed by atoms with Gasteiger partial charge in [0.2, 0.25) is 5.88 Å². The van der Waals surface area contributed by atoms with E-state index in [1.165, 1.54) is 0 Å². The van der Waals surface area contributed by atoms with E-state index < -0.39 is 0 Å². The topological polar surface area (TPSA) is 72.1 Å². The molecule has 0 amide bonds. The first-order valence-corrected chi connectivity index (χ1v) is 5.43. The third kappa shape index (κ3) is 2.92. The molecule has 2 aromatic rings. The third-order valence-corrected chi connectivity index (χ3v) is 2.35. The molecule has 0 saturated heterocycles. The summed E-state index contributed by atoms with van der Waals surface area (Å²) in [4.78, 5) is 11.8. The Kier molecular flexibility index (Phi) is 3.89. The molecular formula is C11H16N4O2. The number of hydrogen-bond donors (Lipinski definition) is 2. The van der Waals surface area contributed by atoms with Gasteiger partial charge in [-0.05, 0) is 6.07 Å². The maximum absolute atomic E-state index is 5.05. The number of aromatic amines is 1. The highest BCUT2D eigenvalue weighted by Crippen LogP contribution is 2.13. The highest BCUT2D eigenvalue weighted by Gasteiger charge is 2.04. The summed E-state index contributed by atoms with van der Waals surface area (Å²) >= 11 is 0. The second-order valence-corrected chi connectivity index (χ2v) is 3.58. The van der Waals surface area contributed by atoms with Crippen LogP contribution >= 0.6 is 0 Å². The highest BCUT2D eigenvalue weighted by atomic mass is 16.5. The first kappa shape index (κ1) is 11.8. The fourth-order valence-corrected chi connectivity index (χ4v) is 1.50. The Morgan fingerprint density at radius 3 is 2.94 bits per heavy atom. The molecule has 0 radical (unpaired) electrons. The van der Waals surface area contributed by atoms with Crippen LogP contribution in [0.5, 0.6) is 5.88 Å². The van der Waals surface area contributed by atoms with E-state index in [9.17, 15) is 0 Å². The lowest BCUT2D eigenvalue weighted by molar-refractivity contribution is 0.199. The fourth-order valence-electron chi connectivity index (χ4n) is 1.50. The number of fused-ring (bicyclic) bond motifs is 1. The van der Waals surface area contributed by atoms with Crippen molar-refractivity contribution in [2.45, 2.75) is 6.54 Å². The molecule has 2 aromatic heterocycles. The van der Waals surface area contributed by atoms with E-state index >= 15 is 0 Å². The van der Waals surface area contributed by atoms with Crippen molar-refractivity contribution in [1.29, 1.82) is 0 Å². The van der Waals surface area contributed by atoms with Crippen LogP contribution in [0.4, 0.5) is 0 Å². The van der Waals surface area contributed by atoms with Gasteiger partial charge in [0, 0.05) is 19.7 Å². The van der Waals surface area contributed by atoms with Gasteiger partial charge in [-0.25, -0.2) is 4.98 Å². The van der Waals surface area contributed by atoms with Crippen LogP contribution < -0.4 is 10.1 Å². The summed E-state index contributed by atoms with van der Waals surface area (Å²) in [5.41, 5.74) is 1.59. The molecule has 0 aliphatic carbocycles. The fraction of sp³-hybridized carbons (Fsp3) is 0.455. The molecule has 6 heteroatoms. The van der Waals surface area contributed by atoms with Gasteiger partial charge in [0.15, 0.2) is 5.65 Å². The summed E-state index contributed by atoms with van der Waals surface area (Å²) in [7, 11) is 3.27. The van der Waals surface area contributed by atoms with Gasteiger partial charge < -0.3 is 19.8 Å². The van der Waals surface area contributed by atoms with Gasteiger partial charge in [-0.1, -0.05) is 0 Å². The predicted octanol–water partition coefficient (Wildman–Crippen LogP) is 0.702. The zero-order valence-corrected chi connectivity index (χ0v) is 9.99. The molecule has 2 heterocycles. The van der Waals surface area contributed by atoms with Gasteiger partial charge in [-0.2, -0.15) is 4.98 Å². The maximum atomic E-state index is 5.05. The van der Waals surface area contributed by atoms with Gasteiger partial charge in [0.25, 0.3) is 0 Å². The van der Waals surface area contributed by atoms with E-state index in [1.54, 1.807) is 14.2 Å². The van der Waals surface area contributed by atoms with Crippen molar-refractivity contribution >= 4 is 11.2 Å². The molecule has 0 atom stereocenters. The van der Waals surface area contributed by atoms with Gasteiger partial charge in [-0.15, -0.1) is 0 Å². The Balaban J connectivity index is 2.04. The Bertz CT molecular complexity index is 483. The molecule has 0 saturated carbocycles. The molecule has 0 unspecified atom stereocenters. The zero-order valence-electron chi connectivity index (χ0n) is 9.99. The van der Waals surface area contributed by atoms with Gasteiger partial charge in [-0.3, -0.25) is 0 Å². The minimum absolute atomic E-state index is 0.572. The van der Waals surface area contributed by atoms with Crippen LogP contribution in [0.25, 0.3) is 11.2 Å². The Hall–Kier alpha value is -1.66. The summed E-state index contributed by atoms with van der Waals surface area (Å²) in [5.74, 6) is 1.43. The van der Waals surface area contributed by atoms with E-state index in [0.29, 0.717) is 24.7 Å². The molecule has 92 valence electrons. The first-order chi connectivity index (χ1) is 8.33. The second kappa shape index (κ2) is 5.60. The Labute approximate surface area is 99.4 Å². The van der Waals surface area contributed by atoms with E-state index in [4.69, 9.17) is 9.47 Å². The molecule has 0 aliphatic rings. The number of imidazole rings is 1. The molecule has 0 bridgehead atoms. The summed E-state index contributed by atoms with van der Waals surface area (Å²) < 4.78 is 9.99. The number of methoxy groups -OCH3 is 2. The van der Waals surface area contributed by atoms with Crippen molar-refractivity contribution in [3.8, 4) is 5.88 Å². The summed E-state index contributed by atoms with van der Waals surface area (Å²) in [6.45, 7) is 2.15. The average Bonchev–Trinajstić information content (AvgIpc) is 2.76. The summed E-state index contributed by atoms with van der Waals surface area (Å²) in [5, 5.41) is 3.21. The number of pyridine rings is 1. The van der Waals surface area contributed by atoms with Crippen LogP contribution in [-0.2, 0) is 11.3 Å². The lowest BCUT2D eigenvalue weighted by atomic mass is 10.4. The SMILES string of the molecule is COCCNCc1nc2nc(OC)ccc2[nH]1. The van der Waals surface area contributed by atoms with Crippen molar-refractivity contribution in [2.75, 3.05) is 27.4 Å². The molecular weight excluding hydrogens is 220 g/mol. The van der Waals surface area contributed by atoms with Crippen molar-refractivity contribution in [3.63, 3.8) is 0 Å². The predicted molar refractivity (Wildman–Crippen MR) is 64.0 cm³/mol. The normalized spacial score (nSPS) is 10.9. The molecule has 0 spiro atoms. The molecule has 0 aromatic carbocycles. The smallest absolute Gasteiger partial charge is 0.215 e. The quantitative estimate of drug-likeness (QED) is 0.722. The summed E-state index contributed by atoms with van der Waals surface area (Å²) in [6.07, 6.45) is 0. The van der Waals surface area contributed by atoms with Crippen LogP contribution in [0.15, 0.2) is 12.1 Å². The van der Waals surface area contributed by atoms with Crippen molar-refractivity contribution in [3.05, 3.63) is 18.0 Å². The number of nitrogens with zero attached hydrogens (tertiary/aromatic N) is 2. The second-order valence-electron chi connectivity index (χ2n) is 3.58. The van der Waals surface area contributed by atoms with Crippen LogP contribution in [0, 0.1) is 0 Å². The van der Waals surface area contributed by atoms with Crippen LogP contribution in [0.1, 0.15) is 5.82 Å².